The summed E-state index contributed by atoms with van der Waals surface area (Å²) in [6.07, 6.45) is 1.62. The molecule has 0 spiro atoms. The lowest BCUT2D eigenvalue weighted by Gasteiger charge is -2.18. The molecule has 4 rings (SSSR count). The molecule has 5 nitrogen and oxygen atoms in total. The fourth-order valence-electron chi connectivity index (χ4n) is 3.26. The number of anilines is 1. The number of thioether (sulfide) groups is 1. The van der Waals surface area contributed by atoms with Crippen LogP contribution in [0.25, 0.3) is 6.08 Å². The normalized spacial score (nSPS) is 14.6. The maximum absolute atomic E-state index is 14.3. The van der Waals surface area contributed by atoms with E-state index in [1.807, 2.05) is 0 Å². The molecular formula is C25H18ClF3N2O3S. The number of alkyl halides is 2. The Kier molecular flexibility index (Phi) is 7.67. The molecular weight excluding hydrogens is 501 g/mol. The first-order valence-electron chi connectivity index (χ1n) is 10.2. The molecule has 0 saturated heterocycles. The second kappa shape index (κ2) is 10.9. The minimum atomic E-state index is -2.97. The molecule has 0 unspecified atom stereocenters. The third-order valence-corrected chi connectivity index (χ3v) is 6.30. The van der Waals surface area contributed by atoms with Gasteiger partial charge in [-0.2, -0.15) is 8.78 Å². The average Bonchev–Trinajstić information content (AvgIpc) is 3.14. The second-order valence-electron chi connectivity index (χ2n) is 7.20. The van der Waals surface area contributed by atoms with Gasteiger partial charge < -0.3 is 9.47 Å². The van der Waals surface area contributed by atoms with E-state index < -0.39 is 18.3 Å². The predicted molar refractivity (Wildman–Crippen MR) is 132 cm³/mol. The number of hydrogen-bond acceptors (Lipinski definition) is 5. The molecule has 0 radical (unpaired) electrons. The Bertz CT molecular complexity index is 1260. The highest BCUT2D eigenvalue weighted by atomic mass is 35.5. The number of aliphatic imine (C=N–C) groups is 1. The molecule has 0 bridgehead atoms. The number of ether oxygens (including phenoxy) is 2. The zero-order chi connectivity index (χ0) is 24.9. The molecule has 3 aromatic rings. The highest BCUT2D eigenvalue weighted by molar-refractivity contribution is 8.13. The Morgan fingerprint density at radius 2 is 1.74 bits per heavy atom. The van der Waals surface area contributed by atoms with E-state index in [4.69, 9.17) is 16.3 Å². The molecule has 0 aliphatic carbocycles. The maximum atomic E-state index is 14.3. The molecule has 0 aromatic heterocycles. The van der Waals surface area contributed by atoms with E-state index in [2.05, 4.69) is 9.73 Å². The highest BCUT2D eigenvalue weighted by Crippen LogP contribution is 2.33. The Hall–Kier alpha value is -3.43. The number of benzene rings is 3. The number of methoxy groups -OCH3 is 1. The van der Waals surface area contributed by atoms with Crippen molar-refractivity contribution in [2.24, 2.45) is 4.99 Å². The van der Waals surface area contributed by atoms with Crippen LogP contribution in [-0.2, 0) is 10.5 Å². The monoisotopic (exact) mass is 518 g/mol. The quantitative estimate of drug-likeness (QED) is 0.324. The van der Waals surface area contributed by atoms with Crippen molar-refractivity contribution in [1.82, 2.24) is 0 Å². The summed E-state index contributed by atoms with van der Waals surface area (Å²) >= 11 is 7.27. The summed E-state index contributed by atoms with van der Waals surface area (Å²) in [6.45, 7) is -2.97. The molecule has 35 heavy (non-hydrogen) atoms. The summed E-state index contributed by atoms with van der Waals surface area (Å²) in [7, 11) is 1.55. The van der Waals surface area contributed by atoms with Gasteiger partial charge in [0, 0.05) is 16.3 Å². The zero-order valence-corrected chi connectivity index (χ0v) is 19.8. The van der Waals surface area contributed by atoms with Gasteiger partial charge in [0.1, 0.15) is 23.0 Å². The van der Waals surface area contributed by atoms with E-state index >= 15 is 0 Å². The third kappa shape index (κ3) is 5.80. The molecule has 0 saturated carbocycles. The number of halogens is 4. The molecule has 1 amide bonds. The number of amidine groups is 1. The Morgan fingerprint density at radius 1 is 1.06 bits per heavy atom. The predicted octanol–water partition coefficient (Wildman–Crippen LogP) is 6.77. The lowest BCUT2D eigenvalue weighted by molar-refractivity contribution is -0.113. The number of nitrogens with zero attached hydrogens (tertiary/aromatic N) is 2. The Balaban J connectivity index is 1.66. The van der Waals surface area contributed by atoms with Gasteiger partial charge in [0.15, 0.2) is 5.17 Å². The summed E-state index contributed by atoms with van der Waals surface area (Å²) in [6, 6.07) is 17.1. The first kappa shape index (κ1) is 24.7. The topological polar surface area (TPSA) is 51.1 Å². The number of rotatable bonds is 7. The number of carbonyl (C=O) groups is 1. The van der Waals surface area contributed by atoms with Crippen LogP contribution in [0.3, 0.4) is 0 Å². The van der Waals surface area contributed by atoms with Crippen molar-refractivity contribution >= 4 is 46.2 Å². The van der Waals surface area contributed by atoms with Crippen LogP contribution in [0.2, 0.25) is 5.02 Å². The Labute approximate surface area is 208 Å². The lowest BCUT2D eigenvalue weighted by atomic mass is 10.2. The van der Waals surface area contributed by atoms with Gasteiger partial charge in [-0.05, 0) is 60.2 Å². The summed E-state index contributed by atoms with van der Waals surface area (Å²) in [5, 5.41) is 0.549. The SMILES string of the molecule is COc1ccc(C=C2N=C(SCc3c(F)cccc3Cl)N(c3ccc(OC(F)F)cc3)C2=O)cc1. The lowest BCUT2D eigenvalue weighted by Crippen LogP contribution is -2.30. The van der Waals surface area contributed by atoms with Gasteiger partial charge in [0.2, 0.25) is 0 Å². The van der Waals surface area contributed by atoms with Crippen molar-refractivity contribution in [1.29, 1.82) is 0 Å². The van der Waals surface area contributed by atoms with Crippen LogP contribution in [-0.4, -0.2) is 24.8 Å². The average molecular weight is 519 g/mol. The summed E-state index contributed by atoms with van der Waals surface area (Å²) in [5.41, 5.74) is 1.55. The standard InChI is InChI=1S/C25H18ClF3N2O3S/c1-33-17-9-5-15(6-10-17)13-22-23(32)31(16-7-11-18(12-8-16)34-24(28)29)25(30-22)35-14-19-20(26)3-2-4-21(19)27/h2-13,24H,14H2,1H3. The van der Waals surface area contributed by atoms with Crippen LogP contribution in [0.4, 0.5) is 18.9 Å². The molecule has 3 aromatic carbocycles. The largest absolute Gasteiger partial charge is 0.497 e. The van der Waals surface area contributed by atoms with E-state index in [0.29, 0.717) is 11.4 Å². The van der Waals surface area contributed by atoms with Gasteiger partial charge in [-0.25, -0.2) is 9.38 Å². The second-order valence-corrected chi connectivity index (χ2v) is 8.55. The minimum Gasteiger partial charge on any atom is -0.497 e. The van der Waals surface area contributed by atoms with E-state index in [1.54, 1.807) is 43.5 Å². The van der Waals surface area contributed by atoms with E-state index in [0.717, 1.165) is 17.3 Å². The summed E-state index contributed by atoms with van der Waals surface area (Å²) < 4.78 is 48.8. The molecule has 10 heteroatoms. The summed E-state index contributed by atoms with van der Waals surface area (Å²) in [5.74, 6) is -0.154. The maximum Gasteiger partial charge on any atom is 0.387 e. The van der Waals surface area contributed by atoms with Crippen LogP contribution in [0.1, 0.15) is 11.1 Å². The van der Waals surface area contributed by atoms with Crippen LogP contribution in [0.5, 0.6) is 11.5 Å². The van der Waals surface area contributed by atoms with Crippen molar-refractivity contribution in [2.75, 3.05) is 12.0 Å². The van der Waals surface area contributed by atoms with Crippen molar-refractivity contribution in [3.05, 3.63) is 94.4 Å². The van der Waals surface area contributed by atoms with Crippen LogP contribution in [0.15, 0.2) is 77.4 Å². The fraction of sp³-hybridized carbons (Fsp3) is 0.120. The van der Waals surface area contributed by atoms with Crippen molar-refractivity contribution in [3.8, 4) is 11.5 Å². The fourth-order valence-corrected chi connectivity index (χ4v) is 4.62. The number of hydrogen-bond donors (Lipinski definition) is 0. The smallest absolute Gasteiger partial charge is 0.387 e. The van der Waals surface area contributed by atoms with Crippen LogP contribution in [0, 0.1) is 5.82 Å². The molecule has 0 fully saturated rings. The first-order chi connectivity index (χ1) is 16.9. The van der Waals surface area contributed by atoms with Crippen LogP contribution < -0.4 is 14.4 Å². The summed E-state index contributed by atoms with van der Waals surface area (Å²) in [4.78, 5) is 19.1. The Morgan fingerprint density at radius 3 is 2.37 bits per heavy atom. The molecule has 1 aliphatic heterocycles. The minimum absolute atomic E-state index is 0.0475. The molecule has 0 N–H and O–H groups in total. The number of amides is 1. The van der Waals surface area contributed by atoms with Gasteiger partial charge in [-0.1, -0.05) is 41.6 Å². The molecule has 1 heterocycles. The van der Waals surface area contributed by atoms with Gasteiger partial charge in [-0.15, -0.1) is 0 Å². The van der Waals surface area contributed by atoms with Gasteiger partial charge in [0.05, 0.1) is 12.8 Å². The van der Waals surface area contributed by atoms with Gasteiger partial charge in [-0.3, -0.25) is 9.69 Å². The molecule has 180 valence electrons. The first-order valence-corrected chi connectivity index (χ1v) is 11.6. The molecule has 1 aliphatic rings. The highest BCUT2D eigenvalue weighted by Gasteiger charge is 2.32. The van der Waals surface area contributed by atoms with Gasteiger partial charge in [0.25, 0.3) is 5.91 Å². The van der Waals surface area contributed by atoms with Gasteiger partial charge >= 0.3 is 6.61 Å². The molecule has 0 atom stereocenters. The van der Waals surface area contributed by atoms with E-state index in [1.165, 1.54) is 41.3 Å². The third-order valence-electron chi connectivity index (χ3n) is 4.98. The number of carbonyl (C=O) groups excluding carboxylic acids is 1. The van der Waals surface area contributed by atoms with E-state index in [-0.39, 0.29) is 33.0 Å². The van der Waals surface area contributed by atoms with Crippen molar-refractivity contribution < 1.29 is 27.4 Å². The van der Waals surface area contributed by atoms with Crippen LogP contribution >= 0.6 is 23.4 Å². The van der Waals surface area contributed by atoms with Crippen molar-refractivity contribution in [3.63, 3.8) is 0 Å². The zero-order valence-electron chi connectivity index (χ0n) is 18.3. The van der Waals surface area contributed by atoms with Crippen molar-refractivity contribution in [2.45, 2.75) is 12.4 Å². The van der Waals surface area contributed by atoms with E-state index in [9.17, 15) is 18.0 Å².